The summed E-state index contributed by atoms with van der Waals surface area (Å²) in [7, 11) is 1.33. The van der Waals surface area contributed by atoms with E-state index in [4.69, 9.17) is 4.74 Å². The van der Waals surface area contributed by atoms with Crippen LogP contribution in [-0.2, 0) is 4.74 Å². The van der Waals surface area contributed by atoms with Gasteiger partial charge in [-0.15, -0.1) is 10.2 Å². The molecule has 0 bridgehead atoms. The number of hydrogen-bond donors (Lipinski definition) is 1. The van der Waals surface area contributed by atoms with Crippen LogP contribution in [0, 0.1) is 0 Å². The molecule has 7 heteroatoms. The molecule has 0 saturated heterocycles. The van der Waals surface area contributed by atoms with Crippen molar-refractivity contribution in [1.29, 1.82) is 0 Å². The van der Waals surface area contributed by atoms with Crippen LogP contribution in [0.25, 0.3) is 5.65 Å². The van der Waals surface area contributed by atoms with E-state index in [0.29, 0.717) is 22.7 Å². The Kier molecular flexibility index (Phi) is 4.47. The number of aromatic nitrogens is 2. The number of methoxy groups -OCH3 is 1. The number of aromatic hydroxyl groups is 1. The number of ether oxygens (including phenoxy) is 1. The van der Waals surface area contributed by atoms with E-state index in [2.05, 4.69) is 15.2 Å². The summed E-state index contributed by atoms with van der Waals surface area (Å²) < 4.78 is 6.40. The van der Waals surface area contributed by atoms with Crippen molar-refractivity contribution in [2.45, 2.75) is 19.8 Å². The summed E-state index contributed by atoms with van der Waals surface area (Å²) in [5.41, 5.74) is 2.09. The second kappa shape index (κ2) is 6.72. The minimum Gasteiger partial charge on any atom is -0.504 e. The van der Waals surface area contributed by atoms with Gasteiger partial charge in [0.05, 0.1) is 24.1 Å². The Morgan fingerprint density at radius 3 is 2.76 bits per heavy atom. The molecule has 128 valence electrons. The molecule has 1 N–H and O–H groups in total. The Labute approximate surface area is 144 Å². The van der Waals surface area contributed by atoms with Gasteiger partial charge in [-0.2, -0.15) is 0 Å². The Balaban J connectivity index is 2.06. The van der Waals surface area contributed by atoms with Crippen molar-refractivity contribution in [2.24, 2.45) is 10.2 Å². The van der Waals surface area contributed by atoms with E-state index >= 15 is 0 Å². The third kappa shape index (κ3) is 3.21. The molecule has 0 unspecified atom stereocenters. The van der Waals surface area contributed by atoms with Crippen LogP contribution in [0.4, 0.5) is 11.5 Å². The average Bonchev–Trinajstić information content (AvgIpc) is 3.00. The van der Waals surface area contributed by atoms with Crippen molar-refractivity contribution in [3.05, 3.63) is 53.9 Å². The number of carbonyl (C=O) groups excluding carboxylic acids is 1. The van der Waals surface area contributed by atoms with Crippen LogP contribution in [-0.4, -0.2) is 27.6 Å². The van der Waals surface area contributed by atoms with Gasteiger partial charge >= 0.3 is 5.97 Å². The summed E-state index contributed by atoms with van der Waals surface area (Å²) in [6, 6.07) is 10.00. The standard InChI is InChI=1S/C18H18N4O3/c1-11(2)15-17(22-9-5-8-14(23)16(22)19-15)21-20-13-7-4-6-12(10-13)18(24)25-3/h4-11,23H,1-3H3. The third-order valence-electron chi connectivity index (χ3n) is 3.70. The smallest absolute Gasteiger partial charge is 0.337 e. The maximum Gasteiger partial charge on any atom is 0.337 e. The Morgan fingerprint density at radius 1 is 1.24 bits per heavy atom. The number of imidazole rings is 1. The molecule has 1 aromatic carbocycles. The fourth-order valence-electron chi connectivity index (χ4n) is 2.46. The SMILES string of the molecule is COC(=O)c1cccc(N=Nc2c(C(C)C)nc3c(O)cccn23)c1. The van der Waals surface area contributed by atoms with Crippen molar-refractivity contribution < 1.29 is 14.6 Å². The summed E-state index contributed by atoms with van der Waals surface area (Å²) >= 11 is 0. The lowest BCUT2D eigenvalue weighted by Gasteiger charge is -2.02. The van der Waals surface area contributed by atoms with Crippen molar-refractivity contribution in [1.82, 2.24) is 9.38 Å². The maximum absolute atomic E-state index is 11.6. The summed E-state index contributed by atoms with van der Waals surface area (Å²) in [4.78, 5) is 16.1. The first-order valence-corrected chi connectivity index (χ1v) is 7.81. The zero-order chi connectivity index (χ0) is 18.0. The molecule has 3 rings (SSSR count). The van der Waals surface area contributed by atoms with Gasteiger partial charge in [0, 0.05) is 6.20 Å². The van der Waals surface area contributed by atoms with E-state index in [-0.39, 0.29) is 11.7 Å². The maximum atomic E-state index is 11.6. The van der Waals surface area contributed by atoms with Crippen LogP contribution in [0.5, 0.6) is 5.75 Å². The summed E-state index contributed by atoms with van der Waals surface area (Å²) in [5.74, 6) is 0.303. The van der Waals surface area contributed by atoms with Crippen molar-refractivity contribution in [3.63, 3.8) is 0 Å². The van der Waals surface area contributed by atoms with Crippen LogP contribution in [0.3, 0.4) is 0 Å². The average molecular weight is 338 g/mol. The minimum absolute atomic E-state index is 0.0820. The Morgan fingerprint density at radius 2 is 2.04 bits per heavy atom. The summed E-state index contributed by atoms with van der Waals surface area (Å²) in [6.07, 6.45) is 1.77. The zero-order valence-electron chi connectivity index (χ0n) is 14.2. The number of benzene rings is 1. The Hall–Kier alpha value is -3.22. The number of carbonyl (C=O) groups is 1. The van der Waals surface area contributed by atoms with Crippen molar-refractivity contribution in [2.75, 3.05) is 7.11 Å². The van der Waals surface area contributed by atoms with E-state index in [0.717, 1.165) is 5.69 Å². The molecule has 0 saturated carbocycles. The van der Waals surface area contributed by atoms with E-state index in [1.807, 2.05) is 13.8 Å². The van der Waals surface area contributed by atoms with Crippen LogP contribution >= 0.6 is 0 Å². The molecule has 7 nitrogen and oxygen atoms in total. The number of pyridine rings is 1. The monoisotopic (exact) mass is 338 g/mol. The van der Waals surface area contributed by atoms with Crippen LogP contribution in [0.1, 0.15) is 35.8 Å². The highest BCUT2D eigenvalue weighted by atomic mass is 16.5. The van der Waals surface area contributed by atoms with E-state index in [9.17, 15) is 9.90 Å². The molecule has 0 aliphatic rings. The number of azo groups is 1. The predicted octanol–water partition coefficient (Wildman–Crippen LogP) is 4.37. The first kappa shape index (κ1) is 16.6. The second-order valence-corrected chi connectivity index (χ2v) is 5.80. The first-order chi connectivity index (χ1) is 12.0. The first-order valence-electron chi connectivity index (χ1n) is 7.81. The number of esters is 1. The highest BCUT2D eigenvalue weighted by Gasteiger charge is 2.17. The van der Waals surface area contributed by atoms with Gasteiger partial charge < -0.3 is 9.84 Å². The summed E-state index contributed by atoms with van der Waals surface area (Å²) in [5, 5.41) is 18.5. The van der Waals surface area contributed by atoms with E-state index < -0.39 is 5.97 Å². The lowest BCUT2D eigenvalue weighted by Crippen LogP contribution is -1.99. The molecular formula is C18H18N4O3. The van der Waals surface area contributed by atoms with Gasteiger partial charge in [-0.05, 0) is 36.2 Å². The van der Waals surface area contributed by atoms with Crippen LogP contribution < -0.4 is 0 Å². The molecule has 2 heterocycles. The van der Waals surface area contributed by atoms with Gasteiger partial charge in [0.15, 0.2) is 17.2 Å². The normalized spacial score (nSPS) is 11.5. The number of fused-ring (bicyclic) bond motifs is 1. The van der Waals surface area contributed by atoms with Gasteiger partial charge in [-0.3, -0.25) is 4.40 Å². The predicted molar refractivity (Wildman–Crippen MR) is 92.9 cm³/mol. The van der Waals surface area contributed by atoms with Crippen LogP contribution in [0.15, 0.2) is 52.8 Å². The van der Waals surface area contributed by atoms with E-state index in [1.54, 1.807) is 47.0 Å². The molecular weight excluding hydrogens is 320 g/mol. The molecule has 3 aromatic rings. The van der Waals surface area contributed by atoms with Crippen LogP contribution in [0.2, 0.25) is 0 Å². The second-order valence-electron chi connectivity index (χ2n) is 5.80. The molecule has 25 heavy (non-hydrogen) atoms. The van der Waals surface area contributed by atoms with Gasteiger partial charge in [-0.25, -0.2) is 9.78 Å². The van der Waals surface area contributed by atoms with E-state index in [1.165, 1.54) is 7.11 Å². The fraction of sp³-hybridized carbons (Fsp3) is 0.222. The third-order valence-corrected chi connectivity index (χ3v) is 3.70. The molecule has 0 radical (unpaired) electrons. The molecule has 0 spiro atoms. The van der Waals surface area contributed by atoms with Gasteiger partial charge in [0.25, 0.3) is 0 Å². The van der Waals surface area contributed by atoms with Gasteiger partial charge in [0.2, 0.25) is 0 Å². The highest BCUT2D eigenvalue weighted by Crippen LogP contribution is 2.32. The zero-order valence-corrected chi connectivity index (χ0v) is 14.2. The number of nitrogens with zero attached hydrogens (tertiary/aromatic N) is 4. The van der Waals surface area contributed by atoms with Crippen molar-refractivity contribution >= 4 is 23.1 Å². The fourth-order valence-corrected chi connectivity index (χ4v) is 2.46. The van der Waals surface area contributed by atoms with Gasteiger partial charge in [0.1, 0.15) is 0 Å². The highest BCUT2D eigenvalue weighted by molar-refractivity contribution is 5.90. The summed E-state index contributed by atoms with van der Waals surface area (Å²) in [6.45, 7) is 3.99. The molecule has 0 aliphatic heterocycles. The van der Waals surface area contributed by atoms with Crippen molar-refractivity contribution in [3.8, 4) is 5.75 Å². The molecule has 2 aromatic heterocycles. The quantitative estimate of drug-likeness (QED) is 0.565. The Bertz CT molecular complexity index is 960. The minimum atomic E-state index is -0.431. The molecule has 0 atom stereocenters. The number of hydrogen-bond acceptors (Lipinski definition) is 6. The number of rotatable bonds is 4. The van der Waals surface area contributed by atoms with Gasteiger partial charge in [-0.1, -0.05) is 19.9 Å². The molecule has 0 fully saturated rings. The lowest BCUT2D eigenvalue weighted by molar-refractivity contribution is 0.0601. The molecule has 0 aliphatic carbocycles. The lowest BCUT2D eigenvalue weighted by atomic mass is 10.1. The largest absolute Gasteiger partial charge is 0.504 e. The molecule has 0 amide bonds. The topological polar surface area (TPSA) is 88.5 Å².